The van der Waals surface area contributed by atoms with Crippen LogP contribution in [0.1, 0.15) is 84.4 Å². The highest BCUT2D eigenvalue weighted by Gasteiger charge is 2.16. The molecule has 0 radical (unpaired) electrons. The van der Waals surface area contributed by atoms with Crippen molar-refractivity contribution in [3.8, 4) is 0 Å². The van der Waals surface area contributed by atoms with Gasteiger partial charge in [0.1, 0.15) is 11.0 Å². The van der Waals surface area contributed by atoms with Gasteiger partial charge in [-0.2, -0.15) is 4.98 Å². The second-order valence-electron chi connectivity index (χ2n) is 9.74. The summed E-state index contributed by atoms with van der Waals surface area (Å²) in [5.41, 5.74) is 2.17. The van der Waals surface area contributed by atoms with Crippen LogP contribution in [0, 0.1) is 17.5 Å². The van der Waals surface area contributed by atoms with Gasteiger partial charge in [0.2, 0.25) is 0 Å². The largest absolute Gasteiger partial charge is 0.440 e. The molecule has 0 saturated carbocycles. The maximum absolute atomic E-state index is 13.2. The minimum absolute atomic E-state index is 0. The minimum Gasteiger partial charge on any atom is -0.440 e. The van der Waals surface area contributed by atoms with Crippen LogP contribution in [0.2, 0.25) is 0 Å². The van der Waals surface area contributed by atoms with Gasteiger partial charge >= 0.3 is 0 Å². The highest BCUT2D eigenvalue weighted by Crippen LogP contribution is 2.25. The fourth-order valence-corrected chi connectivity index (χ4v) is 3.42. The highest BCUT2D eigenvalue weighted by atomic mass is 19.1. The van der Waals surface area contributed by atoms with E-state index in [1.807, 2.05) is 53.7 Å². The zero-order chi connectivity index (χ0) is 28.3. The minimum atomic E-state index is -0.583. The lowest BCUT2D eigenvalue weighted by atomic mass is 10.2. The Kier molecular flexibility index (Phi) is 9.68. The normalized spacial score (nSPS) is 11.1. The Morgan fingerprint density at radius 2 is 1.10 bits per heavy atom. The number of fused-ring (bicyclic) bond motifs is 3. The van der Waals surface area contributed by atoms with Gasteiger partial charge in [0, 0.05) is 24.0 Å². The molecule has 6 aromatic rings. The van der Waals surface area contributed by atoms with E-state index in [9.17, 15) is 13.2 Å². The van der Waals surface area contributed by atoms with Crippen LogP contribution in [-0.4, -0.2) is 19.9 Å². The van der Waals surface area contributed by atoms with Gasteiger partial charge in [0.05, 0.1) is 0 Å². The number of oxazole rings is 3. The predicted molar refractivity (Wildman–Crippen MR) is 149 cm³/mol. The monoisotopic (exact) mass is 554 g/mol. The fourth-order valence-electron chi connectivity index (χ4n) is 3.42. The summed E-state index contributed by atoms with van der Waals surface area (Å²) in [6, 6.07) is 10.5. The molecule has 0 N–H and O–H groups in total. The standard InChI is InChI=1S/C10H9F2NO.C10H10FNO.C9H10N2O.CH4/c1-5(2)10-13-8-6(11)3-4-7(12)9(8)14-10;1-6(2)10-12-9-7(11)4-3-5-8(9)13-10;1-6(2)9-11-8-7(12-9)4-3-5-10-8;/h3-5H,1-2H3;3-6H,1-2H3;3-6H,1-2H3;1H4. The Morgan fingerprint density at radius 3 is 1.70 bits per heavy atom. The summed E-state index contributed by atoms with van der Waals surface area (Å²) in [5.74, 6) is 0.742. The van der Waals surface area contributed by atoms with Crippen molar-refractivity contribution in [2.45, 2.75) is 66.7 Å². The number of hydrogen-bond donors (Lipinski definition) is 0. The molecule has 6 rings (SSSR count). The zero-order valence-electron chi connectivity index (χ0n) is 22.5. The Morgan fingerprint density at radius 1 is 0.575 bits per heavy atom. The molecular formula is C30H33F3N4O3. The first kappa shape index (κ1) is 30.3. The van der Waals surface area contributed by atoms with E-state index in [1.54, 1.807) is 18.3 Å². The van der Waals surface area contributed by atoms with Crippen molar-refractivity contribution >= 4 is 33.4 Å². The average molecular weight is 555 g/mol. The number of hydrogen-bond acceptors (Lipinski definition) is 7. The van der Waals surface area contributed by atoms with Crippen LogP contribution in [0.4, 0.5) is 13.2 Å². The Labute approximate surface area is 230 Å². The van der Waals surface area contributed by atoms with E-state index in [1.165, 1.54) is 6.07 Å². The molecule has 4 heterocycles. The molecule has 212 valence electrons. The van der Waals surface area contributed by atoms with Crippen LogP contribution in [0.25, 0.3) is 33.4 Å². The molecule has 0 aliphatic carbocycles. The molecule has 0 fully saturated rings. The van der Waals surface area contributed by atoms with E-state index in [0.29, 0.717) is 34.4 Å². The SMILES string of the molecule is C.CC(C)c1nc2c(F)ccc(F)c2o1.CC(C)c1nc2c(F)cccc2o1.CC(C)c1nc2ncccc2o1. The smallest absolute Gasteiger partial charge is 0.199 e. The number of para-hydroxylation sites is 1. The molecule has 2 aromatic carbocycles. The van der Waals surface area contributed by atoms with Crippen molar-refractivity contribution in [2.75, 3.05) is 0 Å². The van der Waals surface area contributed by atoms with Crippen molar-refractivity contribution in [1.29, 1.82) is 0 Å². The first-order chi connectivity index (χ1) is 18.5. The first-order valence-electron chi connectivity index (χ1n) is 12.6. The molecule has 0 aliphatic rings. The molecule has 0 saturated heterocycles. The predicted octanol–water partition coefficient (Wildman–Crippen LogP) is 9.30. The third kappa shape index (κ3) is 6.67. The van der Waals surface area contributed by atoms with Crippen LogP contribution in [-0.2, 0) is 0 Å². The number of halogens is 3. The molecule has 10 heteroatoms. The summed E-state index contributed by atoms with van der Waals surface area (Å²) in [6.45, 7) is 11.7. The van der Waals surface area contributed by atoms with Crippen LogP contribution in [0.5, 0.6) is 0 Å². The number of pyridine rings is 1. The van der Waals surface area contributed by atoms with Crippen molar-refractivity contribution in [2.24, 2.45) is 0 Å². The third-order valence-corrected chi connectivity index (χ3v) is 5.51. The van der Waals surface area contributed by atoms with E-state index in [2.05, 4.69) is 19.9 Å². The van der Waals surface area contributed by atoms with Gasteiger partial charge in [-0.1, -0.05) is 55.0 Å². The molecule has 0 amide bonds. The Balaban J connectivity index is 0.000000164. The lowest BCUT2D eigenvalue weighted by Crippen LogP contribution is -1.85. The highest BCUT2D eigenvalue weighted by molar-refractivity contribution is 5.74. The van der Waals surface area contributed by atoms with Crippen LogP contribution in [0.15, 0.2) is 61.9 Å². The molecule has 0 bridgehead atoms. The fraction of sp³-hybridized carbons (Fsp3) is 0.333. The second kappa shape index (κ2) is 12.8. The van der Waals surface area contributed by atoms with E-state index >= 15 is 0 Å². The maximum Gasteiger partial charge on any atom is 0.199 e. The number of nitrogens with zero attached hydrogens (tertiary/aromatic N) is 4. The molecule has 40 heavy (non-hydrogen) atoms. The van der Waals surface area contributed by atoms with Crippen LogP contribution >= 0.6 is 0 Å². The summed E-state index contributed by atoms with van der Waals surface area (Å²) in [7, 11) is 0. The summed E-state index contributed by atoms with van der Waals surface area (Å²) in [5, 5.41) is 0. The van der Waals surface area contributed by atoms with Gasteiger partial charge in [0.15, 0.2) is 57.5 Å². The summed E-state index contributed by atoms with van der Waals surface area (Å²) >= 11 is 0. The average Bonchev–Trinajstić information content (AvgIpc) is 3.64. The summed E-state index contributed by atoms with van der Waals surface area (Å²) in [6.07, 6.45) is 1.72. The number of benzene rings is 2. The van der Waals surface area contributed by atoms with E-state index in [-0.39, 0.29) is 36.2 Å². The molecular weight excluding hydrogens is 521 g/mol. The van der Waals surface area contributed by atoms with Crippen molar-refractivity contribution in [1.82, 2.24) is 19.9 Å². The van der Waals surface area contributed by atoms with Gasteiger partial charge < -0.3 is 13.3 Å². The number of aromatic nitrogens is 4. The molecule has 0 atom stereocenters. The Bertz CT molecular complexity index is 1630. The van der Waals surface area contributed by atoms with Gasteiger partial charge in [-0.3, -0.25) is 0 Å². The molecule has 4 aromatic heterocycles. The van der Waals surface area contributed by atoms with Crippen molar-refractivity contribution in [3.05, 3.63) is 83.8 Å². The van der Waals surface area contributed by atoms with Gasteiger partial charge in [-0.25, -0.2) is 28.1 Å². The van der Waals surface area contributed by atoms with Crippen molar-refractivity contribution < 1.29 is 26.4 Å². The molecule has 0 aliphatic heterocycles. The molecule has 7 nitrogen and oxygen atoms in total. The zero-order valence-corrected chi connectivity index (χ0v) is 22.5. The van der Waals surface area contributed by atoms with Gasteiger partial charge in [-0.05, 0) is 36.4 Å². The Hall–Kier alpha value is -4.21. The van der Waals surface area contributed by atoms with E-state index < -0.39 is 11.6 Å². The van der Waals surface area contributed by atoms with Gasteiger partial charge in [-0.15, -0.1) is 0 Å². The lowest BCUT2D eigenvalue weighted by molar-refractivity contribution is 0.483. The quantitative estimate of drug-likeness (QED) is 0.215. The lowest BCUT2D eigenvalue weighted by Gasteiger charge is -1.93. The first-order valence-corrected chi connectivity index (χ1v) is 12.6. The molecule has 0 unspecified atom stereocenters. The third-order valence-electron chi connectivity index (χ3n) is 5.51. The number of rotatable bonds is 3. The maximum atomic E-state index is 13.2. The molecule has 0 spiro atoms. The second-order valence-corrected chi connectivity index (χ2v) is 9.74. The summed E-state index contributed by atoms with van der Waals surface area (Å²) in [4.78, 5) is 16.3. The van der Waals surface area contributed by atoms with Crippen LogP contribution in [0.3, 0.4) is 0 Å². The van der Waals surface area contributed by atoms with Crippen molar-refractivity contribution in [3.63, 3.8) is 0 Å². The topological polar surface area (TPSA) is 91.0 Å². The van der Waals surface area contributed by atoms with E-state index in [4.69, 9.17) is 13.3 Å². The summed E-state index contributed by atoms with van der Waals surface area (Å²) < 4.78 is 55.4. The van der Waals surface area contributed by atoms with E-state index in [0.717, 1.165) is 23.6 Å². The van der Waals surface area contributed by atoms with Gasteiger partial charge in [0.25, 0.3) is 0 Å². The van der Waals surface area contributed by atoms with Crippen LogP contribution < -0.4 is 0 Å².